The van der Waals surface area contributed by atoms with Gasteiger partial charge in [0.25, 0.3) is 0 Å². The van der Waals surface area contributed by atoms with Crippen LogP contribution in [0.2, 0.25) is 0 Å². The second kappa shape index (κ2) is 7.37. The van der Waals surface area contributed by atoms with Crippen LogP contribution in [0.25, 0.3) is 0 Å². The minimum atomic E-state index is 0.174. The third-order valence-electron chi connectivity index (χ3n) is 7.47. The second-order valence-electron chi connectivity index (χ2n) is 9.26. The van der Waals surface area contributed by atoms with E-state index in [4.69, 9.17) is 9.47 Å². The summed E-state index contributed by atoms with van der Waals surface area (Å²) in [5, 5.41) is 3.36. The molecule has 4 heteroatoms. The fraction of sp³-hybridized carbons (Fsp3) is 0.696. The number of nitrogens with one attached hydrogen (secondary N) is 1. The van der Waals surface area contributed by atoms with E-state index in [1.807, 2.05) is 18.2 Å². The lowest BCUT2D eigenvalue weighted by atomic mass is 9.48. The number of hydrogen-bond donors (Lipinski definition) is 1. The van der Waals surface area contributed by atoms with E-state index >= 15 is 0 Å². The Bertz CT molecular complexity index is 664. The van der Waals surface area contributed by atoms with Crippen molar-refractivity contribution in [2.45, 2.75) is 64.3 Å². The Morgan fingerprint density at radius 2 is 1.67 bits per heavy atom. The Labute approximate surface area is 163 Å². The van der Waals surface area contributed by atoms with Crippen molar-refractivity contribution >= 4 is 5.91 Å². The molecule has 27 heavy (non-hydrogen) atoms. The van der Waals surface area contributed by atoms with Gasteiger partial charge in [0.2, 0.25) is 5.91 Å². The Morgan fingerprint density at radius 1 is 1.07 bits per heavy atom. The summed E-state index contributed by atoms with van der Waals surface area (Å²) in [7, 11) is 3.28. The minimum absolute atomic E-state index is 0.174. The molecule has 1 aromatic rings. The maximum absolute atomic E-state index is 12.6. The van der Waals surface area contributed by atoms with Crippen molar-refractivity contribution in [3.05, 3.63) is 23.8 Å². The average molecular weight is 372 g/mol. The van der Waals surface area contributed by atoms with Gasteiger partial charge in [0, 0.05) is 12.5 Å². The zero-order valence-corrected chi connectivity index (χ0v) is 16.9. The molecule has 1 aromatic carbocycles. The Hall–Kier alpha value is -1.71. The van der Waals surface area contributed by atoms with Crippen molar-refractivity contribution < 1.29 is 14.3 Å². The number of methoxy groups -OCH3 is 2. The summed E-state index contributed by atoms with van der Waals surface area (Å²) < 4.78 is 10.6. The van der Waals surface area contributed by atoms with Crippen LogP contribution in [-0.2, 0) is 11.2 Å². The highest BCUT2D eigenvalue weighted by Crippen LogP contribution is 2.61. The minimum Gasteiger partial charge on any atom is -0.493 e. The summed E-state index contributed by atoms with van der Waals surface area (Å²) in [4.78, 5) is 12.6. The summed E-state index contributed by atoms with van der Waals surface area (Å²) in [6.07, 6.45) is 9.56. The molecule has 5 rings (SSSR count). The molecule has 4 saturated carbocycles. The fourth-order valence-electron chi connectivity index (χ4n) is 6.47. The highest BCUT2D eigenvalue weighted by atomic mass is 16.5. The maximum atomic E-state index is 12.6. The molecule has 0 saturated heterocycles. The molecule has 1 atom stereocenters. The molecule has 4 fully saturated rings. The lowest BCUT2D eigenvalue weighted by molar-refractivity contribution is -0.125. The van der Waals surface area contributed by atoms with E-state index in [2.05, 4.69) is 12.2 Å². The molecule has 0 heterocycles. The number of carbonyl (C=O) groups is 1. The van der Waals surface area contributed by atoms with Crippen molar-refractivity contribution in [2.75, 3.05) is 14.2 Å². The molecular weight excluding hydrogens is 338 g/mol. The lowest BCUT2D eigenvalue weighted by Gasteiger charge is -2.59. The molecule has 4 aliphatic rings. The zero-order valence-electron chi connectivity index (χ0n) is 16.9. The van der Waals surface area contributed by atoms with E-state index in [1.54, 1.807) is 14.2 Å². The number of amides is 1. The number of benzene rings is 1. The first-order chi connectivity index (χ1) is 13.0. The maximum Gasteiger partial charge on any atom is 0.220 e. The van der Waals surface area contributed by atoms with Crippen LogP contribution in [0.4, 0.5) is 0 Å². The van der Waals surface area contributed by atoms with Crippen LogP contribution in [0.3, 0.4) is 0 Å². The highest BCUT2D eigenvalue weighted by molar-refractivity contribution is 5.76. The predicted molar refractivity (Wildman–Crippen MR) is 106 cm³/mol. The SMILES string of the molecule is COc1ccc(CCC(=O)N[C@@H](C)C23CC4CC(CC(C4)C2)C3)cc1OC. The van der Waals surface area contributed by atoms with Gasteiger partial charge in [-0.2, -0.15) is 0 Å². The number of hydrogen-bond acceptors (Lipinski definition) is 3. The molecule has 1 amide bonds. The lowest BCUT2D eigenvalue weighted by Crippen LogP contribution is -2.55. The molecule has 0 aliphatic heterocycles. The Morgan fingerprint density at radius 3 is 2.22 bits per heavy atom. The van der Waals surface area contributed by atoms with Gasteiger partial charge in [-0.3, -0.25) is 4.79 Å². The van der Waals surface area contributed by atoms with Gasteiger partial charge in [-0.25, -0.2) is 0 Å². The van der Waals surface area contributed by atoms with Crippen LogP contribution in [0.1, 0.15) is 57.4 Å². The summed E-state index contributed by atoms with van der Waals surface area (Å²) in [6.45, 7) is 2.25. The van der Waals surface area contributed by atoms with Gasteiger partial charge in [0.1, 0.15) is 0 Å². The predicted octanol–water partition coefficient (Wildman–Crippen LogP) is 4.36. The topological polar surface area (TPSA) is 47.6 Å². The van der Waals surface area contributed by atoms with E-state index in [9.17, 15) is 4.79 Å². The third kappa shape index (κ3) is 3.68. The Balaban J connectivity index is 1.33. The van der Waals surface area contributed by atoms with Crippen LogP contribution >= 0.6 is 0 Å². The Kier molecular flexibility index (Phi) is 5.09. The smallest absolute Gasteiger partial charge is 0.220 e. The third-order valence-corrected chi connectivity index (χ3v) is 7.47. The van der Waals surface area contributed by atoms with Crippen molar-refractivity contribution in [3.63, 3.8) is 0 Å². The summed E-state index contributed by atoms with van der Waals surface area (Å²) in [5.41, 5.74) is 1.47. The van der Waals surface area contributed by atoms with Crippen LogP contribution < -0.4 is 14.8 Å². The molecule has 0 spiro atoms. The second-order valence-corrected chi connectivity index (χ2v) is 9.26. The monoisotopic (exact) mass is 371 g/mol. The first-order valence-corrected chi connectivity index (χ1v) is 10.5. The van der Waals surface area contributed by atoms with Crippen molar-refractivity contribution in [2.24, 2.45) is 23.2 Å². The molecule has 148 valence electrons. The van der Waals surface area contributed by atoms with Crippen molar-refractivity contribution in [1.29, 1.82) is 0 Å². The quantitative estimate of drug-likeness (QED) is 0.775. The van der Waals surface area contributed by atoms with Gasteiger partial charge in [-0.05, 0) is 92.7 Å². The largest absolute Gasteiger partial charge is 0.493 e. The van der Waals surface area contributed by atoms with Crippen LogP contribution in [0.5, 0.6) is 11.5 Å². The fourth-order valence-corrected chi connectivity index (χ4v) is 6.47. The first kappa shape index (κ1) is 18.6. The summed E-state index contributed by atoms with van der Waals surface area (Å²) in [6, 6.07) is 6.18. The number of rotatable bonds is 7. The van der Waals surface area contributed by atoms with Gasteiger partial charge in [0.15, 0.2) is 11.5 Å². The number of aryl methyl sites for hydroxylation is 1. The molecule has 4 bridgehead atoms. The van der Waals surface area contributed by atoms with E-state index in [-0.39, 0.29) is 5.91 Å². The summed E-state index contributed by atoms with van der Waals surface area (Å²) in [5.74, 6) is 4.37. The van der Waals surface area contributed by atoms with E-state index in [1.165, 1.54) is 38.5 Å². The number of carbonyl (C=O) groups excluding carboxylic acids is 1. The van der Waals surface area contributed by atoms with Crippen molar-refractivity contribution in [1.82, 2.24) is 5.32 Å². The van der Waals surface area contributed by atoms with E-state index in [0.29, 0.717) is 17.9 Å². The molecule has 0 aromatic heterocycles. The first-order valence-electron chi connectivity index (χ1n) is 10.5. The standard InChI is InChI=1S/C23H33NO3/c1-15(23-12-17-8-18(13-23)10-19(9-17)14-23)24-22(25)7-5-16-4-6-20(26-2)21(11-16)27-3/h4,6,11,15,17-19H,5,7-10,12-14H2,1-3H3,(H,24,25)/t15-,17?,18?,19?,23?/m0/s1. The van der Waals surface area contributed by atoms with E-state index < -0.39 is 0 Å². The molecule has 4 aliphatic carbocycles. The number of ether oxygens (including phenoxy) is 2. The molecule has 0 unspecified atom stereocenters. The van der Waals surface area contributed by atoms with Crippen LogP contribution in [0.15, 0.2) is 18.2 Å². The van der Waals surface area contributed by atoms with Gasteiger partial charge < -0.3 is 14.8 Å². The molecule has 0 radical (unpaired) electrons. The summed E-state index contributed by atoms with van der Waals surface area (Å²) >= 11 is 0. The van der Waals surface area contributed by atoms with Crippen LogP contribution in [-0.4, -0.2) is 26.2 Å². The molecular formula is C23H33NO3. The molecule has 1 N–H and O–H groups in total. The van der Waals surface area contributed by atoms with Gasteiger partial charge in [-0.1, -0.05) is 6.07 Å². The highest BCUT2D eigenvalue weighted by Gasteiger charge is 2.53. The van der Waals surface area contributed by atoms with Gasteiger partial charge in [0.05, 0.1) is 14.2 Å². The average Bonchev–Trinajstić information content (AvgIpc) is 2.65. The van der Waals surface area contributed by atoms with Gasteiger partial charge >= 0.3 is 0 Å². The van der Waals surface area contributed by atoms with E-state index in [0.717, 1.165) is 41.2 Å². The molecule has 4 nitrogen and oxygen atoms in total. The van der Waals surface area contributed by atoms with Crippen LogP contribution in [0, 0.1) is 23.2 Å². The zero-order chi connectivity index (χ0) is 19.0. The normalized spacial score (nSPS) is 32.2. The van der Waals surface area contributed by atoms with Gasteiger partial charge in [-0.15, -0.1) is 0 Å². The van der Waals surface area contributed by atoms with Crippen molar-refractivity contribution in [3.8, 4) is 11.5 Å².